The van der Waals surface area contributed by atoms with Crippen LogP contribution in [0.5, 0.6) is 0 Å². The number of aryl methyl sites for hydroxylation is 2. The Kier molecular flexibility index (Phi) is 3.10. The number of anilines is 1. The highest BCUT2D eigenvalue weighted by Crippen LogP contribution is 2.24. The monoisotopic (exact) mass is 274 g/mol. The lowest BCUT2D eigenvalue weighted by Gasteiger charge is -1.98. The molecule has 0 atom stereocenters. The summed E-state index contributed by atoms with van der Waals surface area (Å²) in [6.07, 6.45) is 1.09. The highest BCUT2D eigenvalue weighted by atomic mass is 19.1. The van der Waals surface area contributed by atoms with Crippen molar-refractivity contribution in [3.63, 3.8) is 0 Å². The topological polar surface area (TPSA) is 52.0 Å². The molecule has 5 heteroatoms. The number of benzene rings is 2. The van der Waals surface area contributed by atoms with Crippen LogP contribution in [-0.4, -0.2) is 4.98 Å². The SMILES string of the molecule is Nc1cc(F)cc2nc(CCc3cccc(F)c3)oc12. The average molecular weight is 274 g/mol. The van der Waals surface area contributed by atoms with E-state index in [1.54, 1.807) is 6.07 Å². The molecule has 0 fully saturated rings. The first-order valence-corrected chi connectivity index (χ1v) is 6.21. The number of nitrogens with zero attached hydrogens (tertiary/aromatic N) is 1. The van der Waals surface area contributed by atoms with Gasteiger partial charge in [-0.05, 0) is 24.1 Å². The normalized spacial score (nSPS) is 11.1. The highest BCUT2D eigenvalue weighted by Gasteiger charge is 2.10. The van der Waals surface area contributed by atoms with Crippen molar-refractivity contribution in [3.8, 4) is 0 Å². The summed E-state index contributed by atoms with van der Waals surface area (Å²) in [5, 5.41) is 0. The molecule has 3 nitrogen and oxygen atoms in total. The second-order valence-corrected chi connectivity index (χ2v) is 4.58. The number of nitrogen functional groups attached to an aromatic ring is 1. The molecule has 3 aromatic rings. The number of rotatable bonds is 3. The van der Waals surface area contributed by atoms with Crippen molar-refractivity contribution in [1.82, 2.24) is 4.98 Å². The van der Waals surface area contributed by atoms with Crippen LogP contribution in [0.3, 0.4) is 0 Å². The summed E-state index contributed by atoms with van der Waals surface area (Å²) >= 11 is 0. The van der Waals surface area contributed by atoms with Gasteiger partial charge in [0.15, 0.2) is 11.5 Å². The van der Waals surface area contributed by atoms with Gasteiger partial charge >= 0.3 is 0 Å². The predicted molar refractivity (Wildman–Crippen MR) is 72.2 cm³/mol. The van der Waals surface area contributed by atoms with Gasteiger partial charge in [-0.25, -0.2) is 13.8 Å². The van der Waals surface area contributed by atoms with E-state index in [-0.39, 0.29) is 11.5 Å². The van der Waals surface area contributed by atoms with Gasteiger partial charge in [0.05, 0.1) is 5.69 Å². The van der Waals surface area contributed by atoms with E-state index in [2.05, 4.69) is 4.98 Å². The Morgan fingerprint density at radius 1 is 1.05 bits per heavy atom. The Labute approximate surface area is 114 Å². The smallest absolute Gasteiger partial charge is 0.195 e. The maximum absolute atomic E-state index is 13.2. The molecule has 1 aromatic heterocycles. The molecule has 0 aliphatic rings. The van der Waals surface area contributed by atoms with Gasteiger partial charge in [0.2, 0.25) is 0 Å². The van der Waals surface area contributed by atoms with Gasteiger partial charge in [-0.2, -0.15) is 0 Å². The fourth-order valence-electron chi connectivity index (χ4n) is 2.12. The number of nitrogens with two attached hydrogens (primary N) is 1. The molecule has 102 valence electrons. The van der Waals surface area contributed by atoms with E-state index in [0.29, 0.717) is 29.8 Å². The number of hydrogen-bond acceptors (Lipinski definition) is 3. The van der Waals surface area contributed by atoms with Gasteiger partial charge in [-0.1, -0.05) is 12.1 Å². The summed E-state index contributed by atoms with van der Waals surface area (Å²) < 4.78 is 31.8. The second-order valence-electron chi connectivity index (χ2n) is 4.58. The zero-order chi connectivity index (χ0) is 14.1. The minimum atomic E-state index is -0.444. The van der Waals surface area contributed by atoms with Gasteiger partial charge in [-0.15, -0.1) is 0 Å². The van der Waals surface area contributed by atoms with Crippen LogP contribution in [0.4, 0.5) is 14.5 Å². The Bertz CT molecular complexity index is 768. The quantitative estimate of drug-likeness (QED) is 0.744. The first-order valence-electron chi connectivity index (χ1n) is 6.21. The number of oxazole rings is 1. The van der Waals surface area contributed by atoms with Crippen molar-refractivity contribution in [2.75, 3.05) is 5.73 Å². The third-order valence-corrected chi connectivity index (χ3v) is 3.04. The first kappa shape index (κ1) is 12.6. The number of halogens is 2. The standard InChI is InChI=1S/C15H12F2N2O/c16-10-3-1-2-9(6-10)4-5-14-19-13-8-11(17)7-12(18)15(13)20-14/h1-3,6-8H,4-5,18H2. The van der Waals surface area contributed by atoms with E-state index in [1.807, 2.05) is 6.07 Å². The van der Waals surface area contributed by atoms with E-state index in [0.717, 1.165) is 5.56 Å². The molecule has 0 bridgehead atoms. The van der Waals surface area contributed by atoms with Crippen molar-refractivity contribution in [2.24, 2.45) is 0 Å². The van der Waals surface area contributed by atoms with E-state index in [4.69, 9.17) is 10.2 Å². The number of hydrogen-bond donors (Lipinski definition) is 1. The molecule has 20 heavy (non-hydrogen) atoms. The zero-order valence-corrected chi connectivity index (χ0v) is 10.6. The van der Waals surface area contributed by atoms with E-state index in [1.165, 1.54) is 24.3 Å². The summed E-state index contributed by atoms with van der Waals surface area (Å²) in [6.45, 7) is 0. The molecule has 1 heterocycles. The van der Waals surface area contributed by atoms with Crippen molar-refractivity contribution >= 4 is 16.8 Å². The van der Waals surface area contributed by atoms with E-state index < -0.39 is 5.82 Å². The van der Waals surface area contributed by atoms with E-state index in [9.17, 15) is 8.78 Å². The van der Waals surface area contributed by atoms with Crippen molar-refractivity contribution in [1.29, 1.82) is 0 Å². The van der Waals surface area contributed by atoms with Crippen LogP contribution >= 0.6 is 0 Å². The second kappa shape index (κ2) is 4.92. The van der Waals surface area contributed by atoms with Crippen LogP contribution in [0.2, 0.25) is 0 Å². The Morgan fingerprint density at radius 2 is 1.90 bits per heavy atom. The number of fused-ring (bicyclic) bond motifs is 1. The largest absolute Gasteiger partial charge is 0.439 e. The summed E-state index contributed by atoms with van der Waals surface area (Å²) in [5.74, 6) is -0.257. The molecule has 2 N–H and O–H groups in total. The first-order chi connectivity index (χ1) is 9.61. The van der Waals surface area contributed by atoms with Crippen LogP contribution in [0.15, 0.2) is 40.8 Å². The lowest BCUT2D eigenvalue weighted by molar-refractivity contribution is 0.528. The summed E-state index contributed by atoms with van der Waals surface area (Å²) in [5.41, 5.74) is 7.54. The molecular formula is C15H12F2N2O. The maximum Gasteiger partial charge on any atom is 0.195 e. The molecule has 0 spiro atoms. The molecule has 0 aliphatic heterocycles. The minimum Gasteiger partial charge on any atom is -0.439 e. The van der Waals surface area contributed by atoms with Crippen LogP contribution < -0.4 is 5.73 Å². The molecule has 0 unspecified atom stereocenters. The van der Waals surface area contributed by atoms with Gasteiger partial charge in [-0.3, -0.25) is 0 Å². The van der Waals surface area contributed by atoms with Gasteiger partial charge < -0.3 is 10.2 Å². The minimum absolute atomic E-state index is 0.226. The lowest BCUT2D eigenvalue weighted by Crippen LogP contribution is -1.91. The molecule has 0 amide bonds. The Balaban J connectivity index is 1.83. The zero-order valence-electron chi connectivity index (χ0n) is 10.6. The molecule has 2 aromatic carbocycles. The third kappa shape index (κ3) is 2.47. The van der Waals surface area contributed by atoms with E-state index >= 15 is 0 Å². The van der Waals surface area contributed by atoms with Gasteiger partial charge in [0.1, 0.15) is 17.2 Å². The van der Waals surface area contributed by atoms with Crippen LogP contribution in [0.1, 0.15) is 11.5 Å². The highest BCUT2D eigenvalue weighted by molar-refractivity contribution is 5.84. The Morgan fingerprint density at radius 3 is 2.70 bits per heavy atom. The summed E-state index contributed by atoms with van der Waals surface area (Å²) in [7, 11) is 0. The van der Waals surface area contributed by atoms with Crippen molar-refractivity contribution < 1.29 is 13.2 Å². The molecule has 0 radical (unpaired) electrons. The molecule has 0 saturated heterocycles. The maximum atomic E-state index is 13.2. The van der Waals surface area contributed by atoms with Crippen LogP contribution in [0, 0.1) is 11.6 Å². The van der Waals surface area contributed by atoms with Crippen LogP contribution in [-0.2, 0) is 12.8 Å². The molecule has 0 aliphatic carbocycles. The number of aromatic nitrogens is 1. The van der Waals surface area contributed by atoms with Crippen molar-refractivity contribution in [2.45, 2.75) is 12.8 Å². The molecule has 0 saturated carbocycles. The summed E-state index contributed by atoms with van der Waals surface area (Å²) in [4.78, 5) is 4.19. The fraction of sp³-hybridized carbons (Fsp3) is 0.133. The van der Waals surface area contributed by atoms with Crippen LogP contribution in [0.25, 0.3) is 11.1 Å². The Hall–Kier alpha value is -2.43. The lowest BCUT2D eigenvalue weighted by atomic mass is 10.1. The van der Waals surface area contributed by atoms with Gasteiger partial charge in [0, 0.05) is 18.6 Å². The molecule has 3 rings (SSSR count). The fourth-order valence-corrected chi connectivity index (χ4v) is 2.12. The summed E-state index contributed by atoms with van der Waals surface area (Å²) in [6, 6.07) is 8.83. The third-order valence-electron chi connectivity index (χ3n) is 3.04. The van der Waals surface area contributed by atoms with Gasteiger partial charge in [0.25, 0.3) is 0 Å². The molecular weight excluding hydrogens is 262 g/mol. The average Bonchev–Trinajstić information content (AvgIpc) is 2.80. The van der Waals surface area contributed by atoms with Crippen molar-refractivity contribution in [3.05, 3.63) is 59.5 Å². The predicted octanol–water partition coefficient (Wildman–Crippen LogP) is 3.47.